The lowest BCUT2D eigenvalue weighted by molar-refractivity contribution is 0.340. The lowest BCUT2D eigenvalue weighted by Crippen LogP contribution is -2.25. The van der Waals surface area contributed by atoms with E-state index in [9.17, 15) is 22.0 Å². The van der Waals surface area contributed by atoms with Crippen molar-refractivity contribution in [1.29, 1.82) is 0 Å². The highest BCUT2D eigenvalue weighted by atomic mass is 19.2. The Bertz CT molecular complexity index is 401. The second-order valence-electron chi connectivity index (χ2n) is 3.99. The van der Waals surface area contributed by atoms with Crippen LogP contribution >= 0.6 is 0 Å². The predicted octanol–water partition coefficient (Wildman–Crippen LogP) is 3.30. The molecule has 0 fully saturated rings. The van der Waals surface area contributed by atoms with Crippen LogP contribution in [-0.2, 0) is 0 Å². The second-order valence-corrected chi connectivity index (χ2v) is 3.99. The van der Waals surface area contributed by atoms with Gasteiger partial charge in [-0.1, -0.05) is 13.8 Å². The average molecular weight is 253 g/mol. The number of benzene rings is 1. The Morgan fingerprint density at radius 3 is 1.41 bits per heavy atom. The van der Waals surface area contributed by atoms with Gasteiger partial charge in [-0.15, -0.1) is 0 Å². The maximum Gasteiger partial charge on any atom is 0.200 e. The molecule has 1 atom stereocenters. The van der Waals surface area contributed by atoms with E-state index in [1.807, 2.05) is 0 Å². The van der Waals surface area contributed by atoms with Gasteiger partial charge >= 0.3 is 0 Å². The first-order valence-electron chi connectivity index (χ1n) is 5.01. The fourth-order valence-corrected chi connectivity index (χ4v) is 1.71. The van der Waals surface area contributed by atoms with Gasteiger partial charge in [0.05, 0.1) is 0 Å². The third-order valence-electron chi connectivity index (χ3n) is 2.53. The molecule has 0 amide bonds. The Kier molecular flexibility index (Phi) is 4.08. The minimum absolute atomic E-state index is 0.326. The van der Waals surface area contributed by atoms with Gasteiger partial charge in [-0.05, 0) is 13.0 Å². The molecule has 0 radical (unpaired) electrons. The molecule has 0 bridgehead atoms. The van der Waals surface area contributed by atoms with Crippen LogP contribution in [0.3, 0.4) is 0 Å². The van der Waals surface area contributed by atoms with Crippen LogP contribution in [-0.4, -0.2) is 7.05 Å². The Labute approximate surface area is 95.6 Å². The SMILES string of the molecule is CNC(c1c(F)c(F)c(F)c(F)c1F)C(C)C. The van der Waals surface area contributed by atoms with Crippen LogP contribution in [0, 0.1) is 35.0 Å². The van der Waals surface area contributed by atoms with E-state index in [0.29, 0.717) is 0 Å². The maximum absolute atomic E-state index is 13.4. The number of halogens is 5. The number of hydrogen-bond acceptors (Lipinski definition) is 1. The lowest BCUT2D eigenvalue weighted by atomic mass is 9.94. The molecule has 0 aromatic heterocycles. The molecule has 96 valence electrons. The average Bonchev–Trinajstić information content (AvgIpc) is 2.29. The molecular weight excluding hydrogens is 241 g/mol. The largest absolute Gasteiger partial charge is 0.313 e. The maximum atomic E-state index is 13.4. The summed E-state index contributed by atoms with van der Waals surface area (Å²) in [5.74, 6) is -9.86. The molecule has 0 aliphatic carbocycles. The first kappa shape index (κ1) is 13.9. The van der Waals surface area contributed by atoms with E-state index in [0.717, 1.165) is 0 Å². The van der Waals surface area contributed by atoms with Crippen molar-refractivity contribution in [3.8, 4) is 0 Å². The molecule has 0 spiro atoms. The number of hydrogen-bond donors (Lipinski definition) is 1. The normalized spacial score (nSPS) is 13.2. The molecule has 1 aromatic carbocycles. The van der Waals surface area contributed by atoms with Crippen LogP contribution in [0.1, 0.15) is 25.5 Å². The standard InChI is InChI=1S/C11H12F5N/c1-4(2)11(17-3)5-6(12)8(14)10(16)9(15)7(5)13/h4,11,17H,1-3H3. The summed E-state index contributed by atoms with van der Waals surface area (Å²) in [6, 6.07) is -0.945. The smallest absolute Gasteiger partial charge is 0.200 e. The Balaban J connectivity index is 3.53. The van der Waals surface area contributed by atoms with Crippen LogP contribution in [0.5, 0.6) is 0 Å². The highest BCUT2D eigenvalue weighted by Crippen LogP contribution is 2.31. The van der Waals surface area contributed by atoms with Crippen molar-refractivity contribution < 1.29 is 22.0 Å². The van der Waals surface area contributed by atoms with Gasteiger partial charge in [0, 0.05) is 11.6 Å². The first-order valence-corrected chi connectivity index (χ1v) is 5.01. The van der Waals surface area contributed by atoms with Crippen LogP contribution in [0.4, 0.5) is 22.0 Å². The number of nitrogens with one attached hydrogen (secondary N) is 1. The minimum Gasteiger partial charge on any atom is -0.313 e. The molecule has 1 N–H and O–H groups in total. The molecule has 1 nitrogen and oxygen atoms in total. The van der Waals surface area contributed by atoms with Crippen molar-refractivity contribution in [2.24, 2.45) is 5.92 Å². The zero-order valence-corrected chi connectivity index (χ0v) is 9.54. The van der Waals surface area contributed by atoms with E-state index in [1.54, 1.807) is 13.8 Å². The molecule has 1 rings (SSSR count). The molecule has 0 saturated heterocycles. The third-order valence-corrected chi connectivity index (χ3v) is 2.53. The molecule has 17 heavy (non-hydrogen) atoms. The first-order chi connectivity index (χ1) is 7.82. The molecule has 6 heteroatoms. The molecule has 1 aromatic rings. The van der Waals surface area contributed by atoms with Crippen molar-refractivity contribution >= 4 is 0 Å². The summed E-state index contributed by atoms with van der Waals surface area (Å²) in [4.78, 5) is 0. The zero-order valence-electron chi connectivity index (χ0n) is 9.54. The van der Waals surface area contributed by atoms with E-state index < -0.39 is 40.7 Å². The van der Waals surface area contributed by atoms with Crippen LogP contribution < -0.4 is 5.32 Å². The molecule has 0 aliphatic heterocycles. The summed E-state index contributed by atoms with van der Waals surface area (Å²) in [6.07, 6.45) is 0. The van der Waals surface area contributed by atoms with Crippen molar-refractivity contribution in [3.05, 3.63) is 34.6 Å². The number of rotatable bonds is 3. The summed E-state index contributed by atoms with van der Waals surface area (Å²) in [6.45, 7) is 3.22. The molecule has 1 unspecified atom stereocenters. The highest BCUT2D eigenvalue weighted by Gasteiger charge is 2.30. The van der Waals surface area contributed by atoms with Gasteiger partial charge in [-0.25, -0.2) is 22.0 Å². The molecular formula is C11H12F5N. The van der Waals surface area contributed by atoms with Crippen molar-refractivity contribution in [1.82, 2.24) is 5.32 Å². The van der Waals surface area contributed by atoms with E-state index in [1.165, 1.54) is 7.05 Å². The van der Waals surface area contributed by atoms with Gasteiger partial charge in [0.1, 0.15) is 0 Å². The van der Waals surface area contributed by atoms with Crippen LogP contribution in [0.25, 0.3) is 0 Å². The Morgan fingerprint density at radius 1 is 0.765 bits per heavy atom. The summed E-state index contributed by atoms with van der Waals surface area (Å²) in [5, 5.41) is 2.54. The quantitative estimate of drug-likeness (QED) is 0.495. The third kappa shape index (κ3) is 2.26. The van der Waals surface area contributed by atoms with Crippen LogP contribution in [0.2, 0.25) is 0 Å². The summed E-state index contributed by atoms with van der Waals surface area (Å²) in [5.41, 5.74) is -0.820. The predicted molar refractivity (Wildman–Crippen MR) is 52.9 cm³/mol. The van der Waals surface area contributed by atoms with Crippen molar-refractivity contribution in [2.45, 2.75) is 19.9 Å². The fourth-order valence-electron chi connectivity index (χ4n) is 1.71. The Morgan fingerprint density at radius 2 is 1.12 bits per heavy atom. The summed E-state index contributed by atoms with van der Waals surface area (Å²) in [7, 11) is 1.39. The highest BCUT2D eigenvalue weighted by molar-refractivity contribution is 5.27. The van der Waals surface area contributed by atoms with Gasteiger partial charge < -0.3 is 5.32 Å². The van der Waals surface area contributed by atoms with Crippen LogP contribution in [0.15, 0.2) is 0 Å². The van der Waals surface area contributed by atoms with Gasteiger partial charge in [-0.3, -0.25) is 0 Å². The van der Waals surface area contributed by atoms with Crippen molar-refractivity contribution in [3.63, 3.8) is 0 Å². The Hall–Kier alpha value is -1.17. The lowest BCUT2D eigenvalue weighted by Gasteiger charge is -2.22. The summed E-state index contributed by atoms with van der Waals surface area (Å²) < 4.78 is 65.6. The second kappa shape index (κ2) is 5.00. The van der Waals surface area contributed by atoms with Gasteiger partial charge in [0.15, 0.2) is 23.3 Å². The molecule has 0 heterocycles. The zero-order chi connectivity index (χ0) is 13.3. The molecule has 0 aliphatic rings. The van der Waals surface area contributed by atoms with Gasteiger partial charge in [0.2, 0.25) is 5.82 Å². The topological polar surface area (TPSA) is 12.0 Å². The molecule has 0 saturated carbocycles. The van der Waals surface area contributed by atoms with E-state index in [2.05, 4.69) is 5.32 Å². The fraction of sp³-hybridized carbons (Fsp3) is 0.455. The van der Waals surface area contributed by atoms with E-state index >= 15 is 0 Å². The van der Waals surface area contributed by atoms with Gasteiger partial charge in [-0.2, -0.15) is 0 Å². The van der Waals surface area contributed by atoms with E-state index in [-0.39, 0.29) is 5.92 Å². The monoisotopic (exact) mass is 253 g/mol. The van der Waals surface area contributed by atoms with Gasteiger partial charge in [0.25, 0.3) is 0 Å². The van der Waals surface area contributed by atoms with Crippen molar-refractivity contribution in [2.75, 3.05) is 7.05 Å². The minimum atomic E-state index is -2.14. The van der Waals surface area contributed by atoms with E-state index in [4.69, 9.17) is 0 Å². The summed E-state index contributed by atoms with van der Waals surface area (Å²) >= 11 is 0.